The zero-order valence-corrected chi connectivity index (χ0v) is 11.6. The normalized spacial score (nSPS) is 19.2. The summed E-state index contributed by atoms with van der Waals surface area (Å²) in [6.45, 7) is 11.0. The molecule has 17 heavy (non-hydrogen) atoms. The molecule has 0 saturated carbocycles. The highest BCUT2D eigenvalue weighted by Crippen LogP contribution is 2.37. The highest BCUT2D eigenvalue weighted by atomic mass is 16.1. The lowest BCUT2D eigenvalue weighted by Crippen LogP contribution is -2.33. The van der Waals surface area contributed by atoms with Crippen molar-refractivity contribution in [3.8, 4) is 0 Å². The third-order valence-corrected chi connectivity index (χ3v) is 4.09. The van der Waals surface area contributed by atoms with E-state index in [0.29, 0.717) is 12.2 Å². The van der Waals surface area contributed by atoms with Gasteiger partial charge in [0.15, 0.2) is 5.78 Å². The summed E-state index contributed by atoms with van der Waals surface area (Å²) < 4.78 is 2.31. The number of carbonyl (C=O) groups is 1. The molecule has 2 rings (SSSR count). The number of rotatable bonds is 2. The summed E-state index contributed by atoms with van der Waals surface area (Å²) in [5.41, 5.74) is 2.38. The maximum absolute atomic E-state index is 12.1. The van der Waals surface area contributed by atoms with E-state index in [2.05, 4.69) is 45.4 Å². The van der Waals surface area contributed by atoms with Crippen molar-refractivity contribution in [1.82, 2.24) is 4.57 Å². The molecule has 0 aromatic carbocycles. The molecular formula is C15H23NO. The Bertz CT molecular complexity index is 451. The Morgan fingerprint density at radius 1 is 1.35 bits per heavy atom. The van der Waals surface area contributed by atoms with E-state index in [-0.39, 0.29) is 11.0 Å². The van der Waals surface area contributed by atoms with E-state index in [9.17, 15) is 4.79 Å². The first kappa shape index (κ1) is 12.4. The first-order chi connectivity index (χ1) is 7.77. The molecule has 0 bridgehead atoms. The van der Waals surface area contributed by atoms with E-state index in [1.807, 2.05) is 6.07 Å². The molecule has 0 radical (unpaired) electrons. The van der Waals surface area contributed by atoms with Gasteiger partial charge in [0.2, 0.25) is 0 Å². The lowest BCUT2D eigenvalue weighted by molar-refractivity contribution is 0.0908. The smallest absolute Gasteiger partial charge is 0.165 e. The van der Waals surface area contributed by atoms with Crippen LogP contribution in [0.5, 0.6) is 0 Å². The van der Waals surface area contributed by atoms with Gasteiger partial charge in [-0.15, -0.1) is 0 Å². The minimum atomic E-state index is 0.0985. The molecular weight excluding hydrogens is 210 g/mol. The Kier molecular flexibility index (Phi) is 2.72. The van der Waals surface area contributed by atoms with Gasteiger partial charge in [0.1, 0.15) is 0 Å². The zero-order valence-electron chi connectivity index (χ0n) is 11.6. The second kappa shape index (κ2) is 3.72. The molecule has 0 N–H and O–H groups in total. The molecule has 1 aliphatic carbocycles. The van der Waals surface area contributed by atoms with Crippen LogP contribution in [0.15, 0.2) is 12.3 Å². The van der Waals surface area contributed by atoms with Gasteiger partial charge in [0, 0.05) is 29.4 Å². The van der Waals surface area contributed by atoms with E-state index in [1.54, 1.807) is 0 Å². The maximum atomic E-state index is 12.1. The number of aromatic nitrogens is 1. The van der Waals surface area contributed by atoms with Crippen molar-refractivity contribution in [1.29, 1.82) is 0 Å². The van der Waals surface area contributed by atoms with Crippen molar-refractivity contribution in [2.45, 2.75) is 59.4 Å². The molecule has 0 aliphatic heterocycles. The molecule has 0 amide bonds. The van der Waals surface area contributed by atoms with Gasteiger partial charge in [-0.3, -0.25) is 4.79 Å². The van der Waals surface area contributed by atoms with Crippen molar-refractivity contribution >= 4 is 5.78 Å². The van der Waals surface area contributed by atoms with Gasteiger partial charge >= 0.3 is 0 Å². The summed E-state index contributed by atoms with van der Waals surface area (Å²) in [4.78, 5) is 12.1. The van der Waals surface area contributed by atoms with Gasteiger partial charge < -0.3 is 4.57 Å². The third kappa shape index (κ3) is 2.05. The number of carbonyl (C=O) groups excluding carboxylic acids is 1. The van der Waals surface area contributed by atoms with Crippen molar-refractivity contribution < 1.29 is 4.79 Å². The topological polar surface area (TPSA) is 22.0 Å². The standard InChI is InChI=1S/C15H23NO/c1-6-15(4,5)16-8-7-11-12(16)9-14(2,3)10-13(11)17/h7-8H,6,9-10H2,1-5H3. The van der Waals surface area contributed by atoms with Crippen LogP contribution in [0.3, 0.4) is 0 Å². The number of hydrogen-bond acceptors (Lipinski definition) is 1. The third-order valence-electron chi connectivity index (χ3n) is 4.09. The molecule has 1 heterocycles. The van der Waals surface area contributed by atoms with E-state index in [4.69, 9.17) is 0 Å². The molecule has 1 aromatic heterocycles. The molecule has 1 aliphatic rings. The molecule has 2 heteroatoms. The molecule has 2 nitrogen and oxygen atoms in total. The summed E-state index contributed by atoms with van der Waals surface area (Å²) in [5.74, 6) is 0.307. The van der Waals surface area contributed by atoms with Crippen LogP contribution < -0.4 is 0 Å². The summed E-state index contributed by atoms with van der Waals surface area (Å²) in [7, 11) is 0. The molecule has 0 fully saturated rings. The highest BCUT2D eigenvalue weighted by Gasteiger charge is 2.35. The second-order valence-corrected chi connectivity index (χ2v) is 6.65. The van der Waals surface area contributed by atoms with Gasteiger partial charge in [0.25, 0.3) is 0 Å². The fourth-order valence-electron chi connectivity index (χ4n) is 2.68. The van der Waals surface area contributed by atoms with Crippen LogP contribution in [0.2, 0.25) is 0 Å². The predicted octanol–water partition coefficient (Wildman–Crippen LogP) is 3.79. The Balaban J connectivity index is 2.52. The lowest BCUT2D eigenvalue weighted by Gasteiger charge is -2.34. The monoisotopic (exact) mass is 233 g/mol. The van der Waals surface area contributed by atoms with Gasteiger partial charge in [-0.2, -0.15) is 0 Å². The highest BCUT2D eigenvalue weighted by molar-refractivity contribution is 5.98. The number of nitrogens with zero attached hydrogens (tertiary/aromatic N) is 1. The Hall–Kier alpha value is -1.05. The fraction of sp³-hybridized carbons (Fsp3) is 0.667. The molecule has 0 atom stereocenters. The first-order valence-electron chi connectivity index (χ1n) is 6.51. The average Bonchev–Trinajstić information content (AvgIpc) is 2.60. The van der Waals surface area contributed by atoms with Crippen LogP contribution in [0.25, 0.3) is 0 Å². The number of ketones is 1. The molecule has 0 saturated heterocycles. The van der Waals surface area contributed by atoms with E-state index in [1.165, 1.54) is 5.69 Å². The molecule has 0 spiro atoms. The van der Waals surface area contributed by atoms with Crippen LogP contribution in [0.4, 0.5) is 0 Å². The van der Waals surface area contributed by atoms with Gasteiger partial charge in [0.05, 0.1) is 0 Å². The SMILES string of the molecule is CCC(C)(C)n1ccc2c1CC(C)(C)CC2=O. The minimum absolute atomic E-state index is 0.0985. The van der Waals surface area contributed by atoms with Crippen LogP contribution >= 0.6 is 0 Å². The largest absolute Gasteiger partial charge is 0.345 e. The van der Waals surface area contributed by atoms with Crippen LogP contribution in [0.1, 0.15) is 63.5 Å². The summed E-state index contributed by atoms with van der Waals surface area (Å²) in [6, 6.07) is 2.00. The van der Waals surface area contributed by atoms with E-state index >= 15 is 0 Å². The van der Waals surface area contributed by atoms with Crippen LogP contribution in [0, 0.1) is 5.41 Å². The fourth-order valence-corrected chi connectivity index (χ4v) is 2.68. The zero-order chi connectivity index (χ0) is 12.8. The Labute approximate surface area is 104 Å². The summed E-state index contributed by atoms with van der Waals surface area (Å²) >= 11 is 0. The van der Waals surface area contributed by atoms with Gasteiger partial charge in [-0.05, 0) is 38.2 Å². The van der Waals surface area contributed by atoms with Crippen LogP contribution in [-0.2, 0) is 12.0 Å². The Morgan fingerprint density at radius 2 is 2.00 bits per heavy atom. The van der Waals surface area contributed by atoms with E-state index < -0.39 is 0 Å². The summed E-state index contributed by atoms with van der Waals surface area (Å²) in [5, 5.41) is 0. The molecule has 0 unspecified atom stereocenters. The Morgan fingerprint density at radius 3 is 2.59 bits per heavy atom. The summed E-state index contributed by atoms with van der Waals surface area (Å²) in [6.07, 6.45) is 4.84. The number of hydrogen-bond donors (Lipinski definition) is 0. The van der Waals surface area contributed by atoms with Crippen molar-refractivity contribution in [2.24, 2.45) is 5.41 Å². The minimum Gasteiger partial charge on any atom is -0.345 e. The van der Waals surface area contributed by atoms with Crippen molar-refractivity contribution in [2.75, 3.05) is 0 Å². The van der Waals surface area contributed by atoms with Gasteiger partial charge in [-0.1, -0.05) is 20.8 Å². The average molecular weight is 233 g/mol. The maximum Gasteiger partial charge on any atom is 0.165 e. The second-order valence-electron chi connectivity index (χ2n) is 6.65. The number of Topliss-reactive ketones (excluding diaryl/α,β-unsaturated/α-hetero) is 1. The lowest BCUT2D eigenvalue weighted by atomic mass is 9.76. The first-order valence-corrected chi connectivity index (χ1v) is 6.51. The van der Waals surface area contributed by atoms with Crippen molar-refractivity contribution in [3.63, 3.8) is 0 Å². The van der Waals surface area contributed by atoms with E-state index in [0.717, 1.165) is 18.4 Å². The molecule has 94 valence electrons. The number of fused-ring (bicyclic) bond motifs is 1. The van der Waals surface area contributed by atoms with Crippen molar-refractivity contribution in [3.05, 3.63) is 23.5 Å². The van der Waals surface area contributed by atoms with Crippen LogP contribution in [-0.4, -0.2) is 10.4 Å². The predicted molar refractivity (Wildman–Crippen MR) is 70.5 cm³/mol. The molecule has 1 aromatic rings. The quantitative estimate of drug-likeness (QED) is 0.761. The van der Waals surface area contributed by atoms with Gasteiger partial charge in [-0.25, -0.2) is 0 Å².